The van der Waals surface area contributed by atoms with Crippen LogP contribution in [0.2, 0.25) is 0 Å². The second-order valence-corrected chi connectivity index (χ2v) is 2.73. The summed E-state index contributed by atoms with van der Waals surface area (Å²) >= 11 is 0. The Bertz CT molecular complexity index is 507. The standard InChI is InChI=1S/C8H4F3N3O3/c9-8(10,11)17-5-1-3(7(15)16)14-4(2-12)6(5)13/h1H,13H2,(H,15,16). The van der Waals surface area contributed by atoms with E-state index in [-0.39, 0.29) is 0 Å². The van der Waals surface area contributed by atoms with Crippen LogP contribution in [0.4, 0.5) is 18.9 Å². The molecule has 0 saturated carbocycles. The molecule has 0 unspecified atom stereocenters. The van der Waals surface area contributed by atoms with Gasteiger partial charge >= 0.3 is 12.3 Å². The number of nitrogen functional groups attached to an aromatic ring is 1. The Morgan fingerprint density at radius 3 is 2.59 bits per heavy atom. The SMILES string of the molecule is N#Cc1nc(C(=O)O)cc(OC(F)(F)F)c1N. The average Bonchev–Trinajstić information content (AvgIpc) is 2.18. The number of aromatic carboxylic acids is 1. The number of nitrogens with two attached hydrogens (primary N) is 1. The van der Waals surface area contributed by atoms with Crippen molar-refractivity contribution in [2.45, 2.75) is 6.36 Å². The van der Waals surface area contributed by atoms with Gasteiger partial charge < -0.3 is 15.6 Å². The van der Waals surface area contributed by atoms with Crippen LogP contribution in [0.15, 0.2) is 6.07 Å². The largest absolute Gasteiger partial charge is 0.573 e. The normalized spacial score (nSPS) is 10.7. The number of nitrogens with zero attached hydrogens (tertiary/aromatic N) is 2. The predicted molar refractivity (Wildman–Crippen MR) is 47.0 cm³/mol. The molecule has 1 heterocycles. The highest BCUT2D eigenvalue weighted by Crippen LogP contribution is 2.30. The molecule has 6 nitrogen and oxygen atoms in total. The van der Waals surface area contributed by atoms with E-state index in [1.54, 1.807) is 0 Å². The van der Waals surface area contributed by atoms with Crippen LogP contribution in [0.5, 0.6) is 5.75 Å². The number of hydrogen-bond donors (Lipinski definition) is 2. The van der Waals surface area contributed by atoms with Gasteiger partial charge in [-0.2, -0.15) is 5.26 Å². The zero-order chi connectivity index (χ0) is 13.2. The van der Waals surface area contributed by atoms with Gasteiger partial charge in [-0.3, -0.25) is 0 Å². The van der Waals surface area contributed by atoms with Gasteiger partial charge in [0.05, 0.1) is 0 Å². The Hall–Kier alpha value is -2.50. The van der Waals surface area contributed by atoms with E-state index in [4.69, 9.17) is 16.1 Å². The van der Waals surface area contributed by atoms with E-state index in [0.29, 0.717) is 6.07 Å². The second kappa shape index (κ2) is 4.17. The van der Waals surface area contributed by atoms with Crippen molar-refractivity contribution in [1.82, 2.24) is 4.98 Å². The number of ether oxygens (including phenoxy) is 1. The molecule has 0 fully saturated rings. The molecule has 1 aromatic heterocycles. The molecule has 0 saturated heterocycles. The van der Waals surface area contributed by atoms with Crippen molar-refractivity contribution in [1.29, 1.82) is 5.26 Å². The van der Waals surface area contributed by atoms with E-state index in [0.717, 1.165) is 0 Å². The highest BCUT2D eigenvalue weighted by molar-refractivity contribution is 5.87. The van der Waals surface area contributed by atoms with Crippen LogP contribution in [0, 0.1) is 11.3 Å². The van der Waals surface area contributed by atoms with Crippen LogP contribution in [0.3, 0.4) is 0 Å². The number of anilines is 1. The van der Waals surface area contributed by atoms with E-state index in [9.17, 15) is 18.0 Å². The van der Waals surface area contributed by atoms with Crippen molar-refractivity contribution in [3.63, 3.8) is 0 Å². The fourth-order valence-electron chi connectivity index (χ4n) is 0.935. The smallest absolute Gasteiger partial charge is 0.477 e. The average molecular weight is 247 g/mol. The van der Waals surface area contributed by atoms with Crippen LogP contribution in [0.25, 0.3) is 0 Å². The van der Waals surface area contributed by atoms with Gasteiger partial charge in [-0.05, 0) is 0 Å². The maximum absolute atomic E-state index is 12.0. The highest BCUT2D eigenvalue weighted by atomic mass is 19.4. The predicted octanol–water partition coefficient (Wildman–Crippen LogP) is 1.13. The van der Waals surface area contributed by atoms with Crippen LogP contribution >= 0.6 is 0 Å². The third-order valence-electron chi connectivity index (χ3n) is 1.57. The number of halogens is 3. The van der Waals surface area contributed by atoms with Gasteiger partial charge in [0.25, 0.3) is 0 Å². The molecule has 1 aromatic rings. The van der Waals surface area contributed by atoms with Crippen molar-refractivity contribution in [2.24, 2.45) is 0 Å². The van der Waals surface area contributed by atoms with Crippen LogP contribution in [-0.2, 0) is 0 Å². The van der Waals surface area contributed by atoms with Crippen LogP contribution in [0.1, 0.15) is 16.2 Å². The third-order valence-corrected chi connectivity index (χ3v) is 1.57. The first-order valence-electron chi connectivity index (χ1n) is 3.94. The minimum atomic E-state index is -5.04. The highest BCUT2D eigenvalue weighted by Gasteiger charge is 2.33. The number of nitriles is 1. The van der Waals surface area contributed by atoms with Crippen molar-refractivity contribution >= 4 is 11.7 Å². The van der Waals surface area contributed by atoms with Gasteiger partial charge in [0, 0.05) is 6.07 Å². The molecule has 0 aliphatic heterocycles. The molecule has 0 bridgehead atoms. The molecule has 0 spiro atoms. The first kappa shape index (κ1) is 12.6. The molecular formula is C8H4F3N3O3. The minimum Gasteiger partial charge on any atom is -0.477 e. The zero-order valence-corrected chi connectivity index (χ0v) is 7.95. The third kappa shape index (κ3) is 2.97. The Kier molecular flexibility index (Phi) is 3.08. The fraction of sp³-hybridized carbons (Fsp3) is 0.125. The number of hydrogen-bond acceptors (Lipinski definition) is 5. The molecule has 0 atom stereocenters. The molecule has 0 aromatic carbocycles. The number of aromatic nitrogens is 1. The van der Waals surface area contributed by atoms with E-state index < -0.39 is 35.2 Å². The molecule has 1 rings (SSSR count). The van der Waals surface area contributed by atoms with E-state index in [2.05, 4.69) is 9.72 Å². The molecule has 9 heteroatoms. The summed E-state index contributed by atoms with van der Waals surface area (Å²) < 4.78 is 39.4. The molecule has 0 radical (unpaired) electrons. The summed E-state index contributed by atoms with van der Waals surface area (Å²) in [5, 5.41) is 17.1. The lowest BCUT2D eigenvalue weighted by molar-refractivity contribution is -0.274. The van der Waals surface area contributed by atoms with E-state index >= 15 is 0 Å². The molecular weight excluding hydrogens is 243 g/mol. The summed E-state index contributed by atoms with van der Waals surface area (Å²) in [5.41, 5.74) is 3.08. The van der Waals surface area contributed by atoms with Gasteiger partial charge in [-0.15, -0.1) is 13.2 Å². The Morgan fingerprint density at radius 2 is 2.18 bits per heavy atom. The zero-order valence-electron chi connectivity index (χ0n) is 7.95. The van der Waals surface area contributed by atoms with Crippen LogP contribution < -0.4 is 10.5 Å². The molecule has 0 aliphatic rings. The summed E-state index contributed by atoms with van der Waals surface area (Å²) in [6.07, 6.45) is -5.04. The maximum Gasteiger partial charge on any atom is 0.573 e. The van der Waals surface area contributed by atoms with Gasteiger partial charge in [-0.25, -0.2) is 9.78 Å². The first-order valence-corrected chi connectivity index (χ1v) is 3.94. The first-order chi connectivity index (χ1) is 7.74. The molecule has 0 aliphatic carbocycles. The lowest BCUT2D eigenvalue weighted by Crippen LogP contribution is -2.19. The molecule has 17 heavy (non-hydrogen) atoms. The van der Waals surface area contributed by atoms with Crippen molar-refractivity contribution in [3.05, 3.63) is 17.5 Å². The number of pyridine rings is 1. The Balaban J connectivity index is 3.34. The quantitative estimate of drug-likeness (QED) is 0.810. The number of carboxylic acid groups (broad SMARTS) is 1. The summed E-state index contributed by atoms with van der Waals surface area (Å²) in [7, 11) is 0. The van der Waals surface area contributed by atoms with Gasteiger partial charge in [-0.1, -0.05) is 0 Å². The number of alkyl halides is 3. The number of rotatable bonds is 2. The Labute approximate surface area is 92.0 Å². The van der Waals surface area contributed by atoms with Crippen molar-refractivity contribution in [2.75, 3.05) is 5.73 Å². The van der Waals surface area contributed by atoms with Gasteiger partial charge in [0.15, 0.2) is 17.1 Å². The monoisotopic (exact) mass is 247 g/mol. The molecule has 0 amide bonds. The van der Waals surface area contributed by atoms with Crippen molar-refractivity contribution in [3.8, 4) is 11.8 Å². The van der Waals surface area contributed by atoms with Crippen molar-refractivity contribution < 1.29 is 27.8 Å². The summed E-state index contributed by atoms with van der Waals surface area (Å²) in [6.45, 7) is 0. The topological polar surface area (TPSA) is 109 Å². The number of carboxylic acids is 1. The molecule has 90 valence electrons. The minimum absolute atomic E-state index is 0.492. The van der Waals surface area contributed by atoms with Gasteiger partial charge in [0.1, 0.15) is 11.8 Å². The summed E-state index contributed by atoms with van der Waals surface area (Å²) in [4.78, 5) is 13.8. The fourth-order valence-corrected chi connectivity index (χ4v) is 0.935. The van der Waals surface area contributed by atoms with E-state index in [1.165, 1.54) is 6.07 Å². The Morgan fingerprint density at radius 1 is 1.59 bits per heavy atom. The summed E-state index contributed by atoms with van der Waals surface area (Å²) in [5.74, 6) is -2.57. The van der Waals surface area contributed by atoms with Crippen LogP contribution in [-0.4, -0.2) is 22.4 Å². The van der Waals surface area contributed by atoms with Gasteiger partial charge in [0.2, 0.25) is 0 Å². The molecule has 3 N–H and O–H groups in total. The summed E-state index contributed by atoms with van der Waals surface area (Å²) in [6, 6.07) is 1.86. The number of carbonyl (C=O) groups is 1. The van der Waals surface area contributed by atoms with E-state index in [1.807, 2.05) is 0 Å². The lowest BCUT2D eigenvalue weighted by atomic mass is 10.2. The lowest BCUT2D eigenvalue weighted by Gasteiger charge is -2.11. The second-order valence-electron chi connectivity index (χ2n) is 2.73. The maximum atomic E-state index is 12.0.